The quantitative estimate of drug-likeness (QED) is 0.723. The lowest BCUT2D eigenvalue weighted by Gasteiger charge is -2.10. The monoisotopic (exact) mass is 362 g/mol. The molecule has 0 radical (unpaired) electrons. The predicted molar refractivity (Wildman–Crippen MR) is 93.7 cm³/mol. The number of thiophene rings is 1. The molecule has 0 aromatic carbocycles. The largest absolute Gasteiger partial charge is 0.475 e. The molecule has 1 aliphatic rings. The zero-order valence-corrected chi connectivity index (χ0v) is 14.2. The van der Waals surface area contributed by atoms with E-state index in [0.717, 1.165) is 29.9 Å². The first-order valence-electron chi connectivity index (χ1n) is 7.74. The minimum atomic E-state index is -0.757. The summed E-state index contributed by atoms with van der Waals surface area (Å²) in [6, 6.07) is 4.41. The van der Waals surface area contributed by atoms with E-state index in [4.69, 9.17) is 20.9 Å². The highest BCUT2D eigenvalue weighted by Crippen LogP contribution is 2.35. The number of anilines is 1. The maximum Gasteiger partial charge on any atom is 0.317 e. The number of primary amides is 2. The Morgan fingerprint density at radius 1 is 1.40 bits per heavy atom. The molecule has 5 N–H and O–H groups in total. The first-order chi connectivity index (χ1) is 12.0. The molecule has 3 heterocycles. The Kier molecular flexibility index (Phi) is 5.15. The molecule has 1 unspecified atom stereocenters. The van der Waals surface area contributed by atoms with Crippen LogP contribution in [0.1, 0.15) is 23.2 Å². The smallest absolute Gasteiger partial charge is 0.317 e. The number of nitrogens with two attached hydrogens (primary N) is 2. The molecule has 1 atom stereocenters. The van der Waals surface area contributed by atoms with E-state index >= 15 is 0 Å². The molecule has 2 aromatic heterocycles. The second-order valence-corrected chi connectivity index (χ2v) is 6.59. The van der Waals surface area contributed by atoms with Crippen molar-refractivity contribution in [2.24, 2.45) is 11.5 Å². The van der Waals surface area contributed by atoms with Crippen LogP contribution in [-0.4, -0.2) is 36.2 Å². The van der Waals surface area contributed by atoms with E-state index in [1.807, 2.05) is 6.07 Å². The van der Waals surface area contributed by atoms with Gasteiger partial charge in [0.05, 0.1) is 11.7 Å². The number of carbonyl (C=O) groups is 2. The Labute approximate surface area is 148 Å². The van der Waals surface area contributed by atoms with Gasteiger partial charge in [0.1, 0.15) is 11.6 Å². The highest BCUT2D eigenvalue weighted by Gasteiger charge is 2.18. The van der Waals surface area contributed by atoms with E-state index in [1.165, 1.54) is 11.3 Å². The Morgan fingerprint density at radius 3 is 2.84 bits per heavy atom. The standard InChI is InChI=1S/C16H18N4O4S/c17-14(21)11-6-12(25-15(11)20-16(18)22)9-3-4-13(19-7-9)24-8-10-2-1-5-23-10/h3-4,6-7,10H,1-2,5,8H2,(H2,17,21)(H3,18,20,22). The maximum absolute atomic E-state index is 11.5. The number of hydrogen-bond donors (Lipinski definition) is 3. The van der Waals surface area contributed by atoms with Crippen molar-refractivity contribution in [2.45, 2.75) is 18.9 Å². The summed E-state index contributed by atoms with van der Waals surface area (Å²) in [5, 5.41) is 2.72. The molecule has 8 nitrogen and oxygen atoms in total. The van der Waals surface area contributed by atoms with Crippen LogP contribution in [0.5, 0.6) is 5.88 Å². The average Bonchev–Trinajstić information content (AvgIpc) is 3.22. The summed E-state index contributed by atoms with van der Waals surface area (Å²) in [5.74, 6) is -0.142. The van der Waals surface area contributed by atoms with E-state index in [0.29, 0.717) is 17.5 Å². The second kappa shape index (κ2) is 7.49. The fraction of sp³-hybridized carbons (Fsp3) is 0.312. The van der Waals surface area contributed by atoms with Crippen molar-refractivity contribution in [3.8, 4) is 16.3 Å². The van der Waals surface area contributed by atoms with Gasteiger partial charge in [-0.2, -0.15) is 0 Å². The lowest BCUT2D eigenvalue weighted by molar-refractivity contribution is 0.0663. The third kappa shape index (κ3) is 4.25. The van der Waals surface area contributed by atoms with Crippen LogP contribution in [0.4, 0.5) is 9.80 Å². The minimum Gasteiger partial charge on any atom is -0.475 e. The van der Waals surface area contributed by atoms with E-state index < -0.39 is 11.9 Å². The number of hydrogen-bond acceptors (Lipinski definition) is 6. The zero-order chi connectivity index (χ0) is 17.8. The van der Waals surface area contributed by atoms with Crippen LogP contribution >= 0.6 is 11.3 Å². The van der Waals surface area contributed by atoms with Crippen LogP contribution in [0, 0.1) is 0 Å². The summed E-state index contributed by atoms with van der Waals surface area (Å²) in [5.41, 5.74) is 11.4. The van der Waals surface area contributed by atoms with Gasteiger partial charge in [0.25, 0.3) is 5.91 Å². The van der Waals surface area contributed by atoms with Gasteiger partial charge in [-0.15, -0.1) is 11.3 Å². The lowest BCUT2D eigenvalue weighted by Crippen LogP contribution is -2.21. The molecule has 0 aliphatic carbocycles. The molecular weight excluding hydrogens is 344 g/mol. The molecule has 1 fully saturated rings. The third-order valence-corrected chi connectivity index (χ3v) is 4.80. The Hall–Kier alpha value is -2.65. The molecule has 0 bridgehead atoms. The normalized spacial score (nSPS) is 16.6. The molecule has 0 spiro atoms. The SMILES string of the molecule is NC(=O)Nc1sc(-c2ccc(OCC3CCCO3)nc2)cc1C(N)=O. The lowest BCUT2D eigenvalue weighted by atomic mass is 10.2. The van der Waals surface area contributed by atoms with Crippen LogP contribution in [0.3, 0.4) is 0 Å². The van der Waals surface area contributed by atoms with Crippen LogP contribution in [-0.2, 0) is 4.74 Å². The van der Waals surface area contributed by atoms with Gasteiger partial charge in [0.15, 0.2) is 0 Å². The molecule has 3 rings (SSSR count). The topological polar surface area (TPSA) is 130 Å². The number of rotatable bonds is 6. The maximum atomic E-state index is 11.5. The second-order valence-electron chi connectivity index (χ2n) is 5.54. The molecular formula is C16H18N4O4S. The fourth-order valence-electron chi connectivity index (χ4n) is 2.49. The van der Waals surface area contributed by atoms with Crippen molar-refractivity contribution in [1.29, 1.82) is 0 Å². The summed E-state index contributed by atoms with van der Waals surface area (Å²) >= 11 is 1.20. The summed E-state index contributed by atoms with van der Waals surface area (Å²) in [7, 11) is 0. The number of aromatic nitrogens is 1. The number of nitrogens with zero attached hydrogens (tertiary/aromatic N) is 1. The van der Waals surface area contributed by atoms with Crippen molar-refractivity contribution < 1.29 is 19.1 Å². The van der Waals surface area contributed by atoms with Crippen LogP contribution in [0.2, 0.25) is 0 Å². The fourth-order valence-corrected chi connectivity index (χ4v) is 3.54. The third-order valence-electron chi connectivity index (χ3n) is 3.70. The molecule has 1 aliphatic heterocycles. The summed E-state index contributed by atoms with van der Waals surface area (Å²) in [4.78, 5) is 27.5. The summed E-state index contributed by atoms with van der Waals surface area (Å²) in [6.45, 7) is 1.26. The Balaban J connectivity index is 1.72. The molecule has 0 saturated carbocycles. The number of nitrogens with one attached hydrogen (secondary N) is 1. The van der Waals surface area contributed by atoms with Gasteiger partial charge < -0.3 is 20.9 Å². The van der Waals surface area contributed by atoms with Crippen LogP contribution in [0.25, 0.3) is 10.4 Å². The highest BCUT2D eigenvalue weighted by molar-refractivity contribution is 7.20. The molecule has 132 valence electrons. The number of pyridine rings is 1. The molecule has 2 aromatic rings. The van der Waals surface area contributed by atoms with E-state index in [1.54, 1.807) is 18.3 Å². The van der Waals surface area contributed by atoms with Gasteiger partial charge in [0, 0.05) is 29.3 Å². The van der Waals surface area contributed by atoms with Crippen molar-refractivity contribution in [3.63, 3.8) is 0 Å². The van der Waals surface area contributed by atoms with Gasteiger partial charge >= 0.3 is 6.03 Å². The number of amides is 3. The first-order valence-corrected chi connectivity index (χ1v) is 8.55. The number of urea groups is 1. The van der Waals surface area contributed by atoms with E-state index in [9.17, 15) is 9.59 Å². The summed E-state index contributed by atoms with van der Waals surface area (Å²) < 4.78 is 11.1. The number of carbonyl (C=O) groups excluding carboxylic acids is 2. The van der Waals surface area contributed by atoms with Crippen molar-refractivity contribution in [3.05, 3.63) is 30.0 Å². The van der Waals surface area contributed by atoms with Gasteiger partial charge in [0.2, 0.25) is 5.88 Å². The molecule has 9 heteroatoms. The first kappa shape index (κ1) is 17.2. The van der Waals surface area contributed by atoms with Crippen molar-refractivity contribution in [2.75, 3.05) is 18.5 Å². The van der Waals surface area contributed by atoms with Gasteiger partial charge in [-0.25, -0.2) is 9.78 Å². The minimum absolute atomic E-state index is 0.124. The average molecular weight is 362 g/mol. The zero-order valence-electron chi connectivity index (χ0n) is 13.4. The van der Waals surface area contributed by atoms with E-state index in [2.05, 4.69) is 10.3 Å². The van der Waals surface area contributed by atoms with Gasteiger partial charge in [-0.1, -0.05) is 0 Å². The Bertz CT molecular complexity index is 769. The van der Waals surface area contributed by atoms with Crippen molar-refractivity contribution >= 4 is 28.3 Å². The predicted octanol–water partition coefficient (Wildman–Crippen LogP) is 1.96. The summed E-state index contributed by atoms with van der Waals surface area (Å²) in [6.07, 6.45) is 3.82. The number of ether oxygens (including phenoxy) is 2. The van der Waals surface area contributed by atoms with Gasteiger partial charge in [-0.05, 0) is 25.0 Å². The molecule has 1 saturated heterocycles. The van der Waals surface area contributed by atoms with Gasteiger partial charge in [-0.3, -0.25) is 10.1 Å². The van der Waals surface area contributed by atoms with Crippen LogP contribution < -0.4 is 21.5 Å². The van der Waals surface area contributed by atoms with Crippen molar-refractivity contribution in [1.82, 2.24) is 4.98 Å². The molecule has 25 heavy (non-hydrogen) atoms. The highest BCUT2D eigenvalue weighted by atomic mass is 32.1. The molecule has 3 amide bonds. The Morgan fingerprint density at radius 2 is 2.24 bits per heavy atom. The van der Waals surface area contributed by atoms with E-state index in [-0.39, 0.29) is 11.7 Å². The van der Waals surface area contributed by atoms with Crippen LogP contribution in [0.15, 0.2) is 24.4 Å².